The van der Waals surface area contributed by atoms with Gasteiger partial charge in [0.2, 0.25) is 0 Å². The fourth-order valence-electron chi connectivity index (χ4n) is 2.23. The molecule has 1 aromatic carbocycles. The number of methoxy groups -OCH3 is 1. The topological polar surface area (TPSA) is 32.7 Å². The van der Waals surface area contributed by atoms with Gasteiger partial charge in [0.25, 0.3) is 0 Å². The molecule has 1 N–H and O–H groups in total. The number of benzene rings is 1. The van der Waals surface area contributed by atoms with Crippen molar-refractivity contribution in [3.8, 4) is 5.75 Å². The lowest BCUT2D eigenvalue weighted by Crippen LogP contribution is -2.45. The highest BCUT2D eigenvalue weighted by Crippen LogP contribution is 2.23. The maximum atomic E-state index is 12.7. The van der Waals surface area contributed by atoms with Crippen molar-refractivity contribution in [1.29, 1.82) is 0 Å². The highest BCUT2D eigenvalue weighted by molar-refractivity contribution is 5.27. The molecule has 0 saturated carbocycles. The van der Waals surface area contributed by atoms with Gasteiger partial charge in [0.15, 0.2) is 0 Å². The van der Waals surface area contributed by atoms with Gasteiger partial charge in [-0.25, -0.2) is 0 Å². The molecule has 0 unspecified atom stereocenters. The van der Waals surface area contributed by atoms with Gasteiger partial charge in [-0.15, -0.1) is 0 Å². The molecule has 0 fully saturated rings. The second-order valence-electron chi connectivity index (χ2n) is 5.36. The maximum absolute atomic E-state index is 12.7. The van der Waals surface area contributed by atoms with Crippen LogP contribution in [0.1, 0.15) is 19.4 Å². The van der Waals surface area contributed by atoms with Crippen LogP contribution in [-0.4, -0.2) is 42.5 Å². The summed E-state index contributed by atoms with van der Waals surface area (Å²) in [4.78, 5) is 1.27. The quantitative estimate of drug-likeness (QED) is 0.840. The molecule has 120 valence electrons. The van der Waals surface area contributed by atoms with E-state index in [0.29, 0.717) is 5.75 Å². The first-order valence-electron chi connectivity index (χ1n) is 6.81. The zero-order chi connectivity index (χ0) is 16.0. The molecular weight excluding hydrogens is 283 g/mol. The molecule has 1 rings (SSSR count). The van der Waals surface area contributed by atoms with Crippen molar-refractivity contribution in [2.45, 2.75) is 32.6 Å². The second-order valence-corrected chi connectivity index (χ2v) is 5.36. The number of rotatable bonds is 7. The van der Waals surface area contributed by atoms with Gasteiger partial charge in [-0.1, -0.05) is 26.0 Å². The molecule has 1 atom stereocenters. The predicted molar refractivity (Wildman–Crippen MR) is 75.2 cm³/mol. The van der Waals surface area contributed by atoms with E-state index in [1.165, 1.54) is 12.0 Å². The molecule has 0 spiro atoms. The van der Waals surface area contributed by atoms with Crippen molar-refractivity contribution in [1.82, 2.24) is 4.90 Å². The standard InChI is InChI=1S/C15H22F3NO2/c1-11(2)14(9-20)19(10-15(16,17)18)8-12-4-6-13(21-3)7-5-12/h4-7,11,14,20H,8-10H2,1-3H3/t14-/m1/s1. The summed E-state index contributed by atoms with van der Waals surface area (Å²) >= 11 is 0. The predicted octanol–water partition coefficient (Wildman–Crippen LogP) is 3.08. The Morgan fingerprint density at radius 1 is 1.19 bits per heavy atom. The Bertz CT molecular complexity index is 418. The molecule has 0 bridgehead atoms. The van der Waals surface area contributed by atoms with Crippen molar-refractivity contribution in [3.05, 3.63) is 29.8 Å². The van der Waals surface area contributed by atoms with Crippen LogP contribution in [0.15, 0.2) is 24.3 Å². The zero-order valence-electron chi connectivity index (χ0n) is 12.5. The van der Waals surface area contributed by atoms with Gasteiger partial charge < -0.3 is 9.84 Å². The Morgan fingerprint density at radius 2 is 1.76 bits per heavy atom. The van der Waals surface area contributed by atoms with Crippen LogP contribution in [0.4, 0.5) is 13.2 Å². The van der Waals surface area contributed by atoms with Crippen LogP contribution in [0.25, 0.3) is 0 Å². The minimum atomic E-state index is -4.30. The molecule has 1 aromatic rings. The van der Waals surface area contributed by atoms with Crippen LogP contribution in [0, 0.1) is 5.92 Å². The molecule has 0 aliphatic heterocycles. The number of halogens is 3. The molecule has 21 heavy (non-hydrogen) atoms. The molecule has 0 radical (unpaired) electrons. The summed E-state index contributed by atoms with van der Waals surface area (Å²) in [5.41, 5.74) is 0.749. The van der Waals surface area contributed by atoms with Gasteiger partial charge in [-0.2, -0.15) is 13.2 Å². The van der Waals surface area contributed by atoms with Crippen LogP contribution in [-0.2, 0) is 6.54 Å². The smallest absolute Gasteiger partial charge is 0.401 e. The van der Waals surface area contributed by atoms with Gasteiger partial charge in [0.1, 0.15) is 5.75 Å². The van der Waals surface area contributed by atoms with E-state index in [4.69, 9.17) is 4.74 Å². The number of ether oxygens (including phenoxy) is 1. The number of nitrogens with zero attached hydrogens (tertiary/aromatic N) is 1. The number of aliphatic hydroxyl groups excluding tert-OH is 1. The Labute approximate surface area is 123 Å². The average Bonchev–Trinajstić information content (AvgIpc) is 2.38. The molecular formula is C15H22F3NO2. The third-order valence-corrected chi connectivity index (χ3v) is 3.35. The van der Waals surface area contributed by atoms with Crippen molar-refractivity contribution in [2.75, 3.05) is 20.3 Å². The number of hydrogen-bond donors (Lipinski definition) is 1. The van der Waals surface area contributed by atoms with Gasteiger partial charge in [-0.3, -0.25) is 4.90 Å². The van der Waals surface area contributed by atoms with E-state index in [0.717, 1.165) is 5.56 Å². The minimum absolute atomic E-state index is 0.0735. The monoisotopic (exact) mass is 305 g/mol. The van der Waals surface area contributed by atoms with E-state index < -0.39 is 18.8 Å². The normalized spacial score (nSPS) is 13.8. The average molecular weight is 305 g/mol. The number of alkyl halides is 3. The summed E-state index contributed by atoms with van der Waals surface area (Å²) in [6, 6.07) is 6.36. The van der Waals surface area contributed by atoms with E-state index in [-0.39, 0.29) is 19.1 Å². The molecule has 0 heterocycles. The van der Waals surface area contributed by atoms with Crippen molar-refractivity contribution in [3.63, 3.8) is 0 Å². The summed E-state index contributed by atoms with van der Waals surface area (Å²) in [6.45, 7) is 2.40. The second kappa shape index (κ2) is 7.66. The third-order valence-electron chi connectivity index (χ3n) is 3.35. The molecule has 0 aliphatic rings. The van der Waals surface area contributed by atoms with E-state index in [2.05, 4.69) is 0 Å². The Balaban J connectivity index is 2.89. The van der Waals surface area contributed by atoms with Crippen LogP contribution in [0.3, 0.4) is 0 Å². The minimum Gasteiger partial charge on any atom is -0.497 e. The van der Waals surface area contributed by atoms with Crippen LogP contribution in [0.2, 0.25) is 0 Å². The summed E-state index contributed by atoms with van der Waals surface area (Å²) < 4.78 is 43.3. The van der Waals surface area contributed by atoms with Gasteiger partial charge in [-0.05, 0) is 23.6 Å². The van der Waals surface area contributed by atoms with Crippen molar-refractivity contribution < 1.29 is 23.0 Å². The van der Waals surface area contributed by atoms with Gasteiger partial charge in [0, 0.05) is 12.6 Å². The molecule has 0 aliphatic carbocycles. The first-order valence-corrected chi connectivity index (χ1v) is 6.81. The van der Waals surface area contributed by atoms with Gasteiger partial charge >= 0.3 is 6.18 Å². The van der Waals surface area contributed by atoms with Crippen molar-refractivity contribution in [2.24, 2.45) is 5.92 Å². The van der Waals surface area contributed by atoms with Crippen LogP contribution >= 0.6 is 0 Å². The molecule has 3 nitrogen and oxygen atoms in total. The number of aliphatic hydroxyl groups is 1. The van der Waals surface area contributed by atoms with Gasteiger partial charge in [0.05, 0.1) is 20.3 Å². The lowest BCUT2D eigenvalue weighted by molar-refractivity contribution is -0.156. The number of hydrogen-bond acceptors (Lipinski definition) is 3. The Hall–Kier alpha value is -1.27. The maximum Gasteiger partial charge on any atom is 0.401 e. The van der Waals surface area contributed by atoms with E-state index in [9.17, 15) is 18.3 Å². The third kappa shape index (κ3) is 5.93. The molecule has 0 saturated heterocycles. The summed E-state index contributed by atoms with van der Waals surface area (Å²) in [7, 11) is 1.53. The van der Waals surface area contributed by atoms with E-state index >= 15 is 0 Å². The van der Waals surface area contributed by atoms with Crippen LogP contribution in [0.5, 0.6) is 5.75 Å². The zero-order valence-corrected chi connectivity index (χ0v) is 12.5. The highest BCUT2D eigenvalue weighted by Gasteiger charge is 2.34. The summed E-state index contributed by atoms with van der Waals surface area (Å²) in [6.07, 6.45) is -4.30. The lowest BCUT2D eigenvalue weighted by atomic mass is 10.0. The molecule has 0 amide bonds. The Kier molecular flexibility index (Phi) is 6.48. The first kappa shape index (κ1) is 17.8. The summed E-state index contributed by atoms with van der Waals surface area (Å²) in [5.74, 6) is 0.583. The van der Waals surface area contributed by atoms with Crippen LogP contribution < -0.4 is 4.74 Å². The Morgan fingerprint density at radius 3 is 2.14 bits per heavy atom. The van der Waals surface area contributed by atoms with E-state index in [1.807, 2.05) is 0 Å². The molecule has 0 aromatic heterocycles. The largest absolute Gasteiger partial charge is 0.497 e. The molecule has 6 heteroatoms. The lowest BCUT2D eigenvalue weighted by Gasteiger charge is -2.33. The SMILES string of the molecule is COc1ccc(CN(CC(F)(F)F)[C@H](CO)C(C)C)cc1. The van der Waals surface area contributed by atoms with E-state index in [1.54, 1.807) is 38.1 Å². The highest BCUT2D eigenvalue weighted by atomic mass is 19.4. The van der Waals surface area contributed by atoms with Crippen molar-refractivity contribution >= 4 is 0 Å². The summed E-state index contributed by atoms with van der Waals surface area (Å²) in [5, 5.41) is 9.39. The fourth-order valence-corrected chi connectivity index (χ4v) is 2.23. The fraction of sp³-hybridized carbons (Fsp3) is 0.600. The first-order chi connectivity index (χ1) is 9.76.